The van der Waals surface area contributed by atoms with Gasteiger partial charge in [0.2, 0.25) is 0 Å². The molecule has 3 nitrogen and oxygen atoms in total. The SMILES string of the molecule is C=CCCCC1=NCCc2cc(OC)c(OC)cc21. The summed E-state index contributed by atoms with van der Waals surface area (Å²) in [5.41, 5.74) is 3.71. The lowest BCUT2D eigenvalue weighted by Crippen LogP contribution is -2.13. The van der Waals surface area contributed by atoms with E-state index in [9.17, 15) is 0 Å². The standard InChI is InChI=1S/C16H21NO2/c1-4-5-6-7-14-13-11-16(19-3)15(18-2)10-12(13)8-9-17-14/h4,10-11H,1,5-9H2,2-3H3. The summed E-state index contributed by atoms with van der Waals surface area (Å²) in [7, 11) is 3.34. The molecular formula is C16H21NO2. The quantitative estimate of drug-likeness (QED) is 0.579. The molecule has 0 aliphatic carbocycles. The van der Waals surface area contributed by atoms with Gasteiger partial charge in [-0.15, -0.1) is 6.58 Å². The minimum Gasteiger partial charge on any atom is -0.493 e. The fraction of sp³-hybridized carbons (Fsp3) is 0.438. The zero-order chi connectivity index (χ0) is 13.7. The Morgan fingerprint density at radius 2 is 2.00 bits per heavy atom. The molecule has 1 aliphatic heterocycles. The summed E-state index contributed by atoms with van der Waals surface area (Å²) in [4.78, 5) is 4.66. The third kappa shape index (κ3) is 2.98. The zero-order valence-corrected chi connectivity index (χ0v) is 11.7. The molecule has 102 valence electrons. The summed E-state index contributed by atoms with van der Waals surface area (Å²) < 4.78 is 10.7. The van der Waals surface area contributed by atoms with Gasteiger partial charge in [-0.1, -0.05) is 6.08 Å². The highest BCUT2D eigenvalue weighted by atomic mass is 16.5. The van der Waals surface area contributed by atoms with Crippen LogP contribution in [-0.4, -0.2) is 26.5 Å². The Bertz CT molecular complexity index is 492. The summed E-state index contributed by atoms with van der Waals surface area (Å²) >= 11 is 0. The maximum atomic E-state index is 5.38. The van der Waals surface area contributed by atoms with Crippen molar-refractivity contribution >= 4 is 5.71 Å². The van der Waals surface area contributed by atoms with Gasteiger partial charge in [0, 0.05) is 17.8 Å². The number of nitrogens with zero attached hydrogens (tertiary/aromatic N) is 1. The van der Waals surface area contributed by atoms with E-state index in [4.69, 9.17) is 9.47 Å². The van der Waals surface area contributed by atoms with Gasteiger partial charge in [0.1, 0.15) is 0 Å². The topological polar surface area (TPSA) is 30.8 Å². The van der Waals surface area contributed by atoms with Crippen LogP contribution in [0.5, 0.6) is 11.5 Å². The molecule has 0 atom stereocenters. The van der Waals surface area contributed by atoms with Crippen LogP contribution in [0.4, 0.5) is 0 Å². The lowest BCUT2D eigenvalue weighted by molar-refractivity contribution is 0.354. The van der Waals surface area contributed by atoms with Crippen LogP contribution in [0, 0.1) is 0 Å². The molecular weight excluding hydrogens is 238 g/mol. The van der Waals surface area contributed by atoms with E-state index in [1.807, 2.05) is 6.08 Å². The van der Waals surface area contributed by atoms with Crippen LogP contribution in [0.1, 0.15) is 30.4 Å². The van der Waals surface area contributed by atoms with E-state index in [2.05, 4.69) is 23.7 Å². The fourth-order valence-corrected chi connectivity index (χ4v) is 2.42. The van der Waals surface area contributed by atoms with Crippen molar-refractivity contribution < 1.29 is 9.47 Å². The van der Waals surface area contributed by atoms with Crippen LogP contribution in [0.25, 0.3) is 0 Å². The van der Waals surface area contributed by atoms with Crippen molar-refractivity contribution in [3.05, 3.63) is 35.9 Å². The maximum Gasteiger partial charge on any atom is 0.161 e. The lowest BCUT2D eigenvalue weighted by atomic mass is 9.94. The second kappa shape index (κ2) is 6.41. The predicted molar refractivity (Wildman–Crippen MR) is 78.7 cm³/mol. The van der Waals surface area contributed by atoms with Gasteiger partial charge in [-0.05, 0) is 43.4 Å². The smallest absolute Gasteiger partial charge is 0.161 e. The highest BCUT2D eigenvalue weighted by Gasteiger charge is 2.17. The molecule has 0 aromatic heterocycles. The third-order valence-corrected chi connectivity index (χ3v) is 3.43. The average molecular weight is 259 g/mol. The number of unbranched alkanes of at least 4 members (excludes halogenated alkanes) is 1. The van der Waals surface area contributed by atoms with E-state index in [1.165, 1.54) is 16.8 Å². The van der Waals surface area contributed by atoms with Crippen molar-refractivity contribution in [2.24, 2.45) is 4.99 Å². The summed E-state index contributed by atoms with van der Waals surface area (Å²) in [6.45, 7) is 4.63. The molecule has 0 radical (unpaired) electrons. The van der Waals surface area contributed by atoms with Gasteiger partial charge in [-0.25, -0.2) is 0 Å². The van der Waals surface area contributed by atoms with Crippen molar-refractivity contribution in [1.82, 2.24) is 0 Å². The van der Waals surface area contributed by atoms with Crippen molar-refractivity contribution in [2.45, 2.75) is 25.7 Å². The van der Waals surface area contributed by atoms with Crippen LogP contribution in [0.3, 0.4) is 0 Å². The van der Waals surface area contributed by atoms with Gasteiger partial charge < -0.3 is 9.47 Å². The molecule has 0 spiro atoms. The van der Waals surface area contributed by atoms with Crippen LogP contribution in [0.15, 0.2) is 29.8 Å². The molecule has 19 heavy (non-hydrogen) atoms. The molecule has 1 aliphatic rings. The molecule has 0 N–H and O–H groups in total. The van der Waals surface area contributed by atoms with Crippen LogP contribution in [0.2, 0.25) is 0 Å². The molecule has 3 heteroatoms. The number of aliphatic imine (C=N–C) groups is 1. The Morgan fingerprint density at radius 3 is 2.68 bits per heavy atom. The second-order valence-electron chi connectivity index (χ2n) is 4.62. The number of hydrogen-bond acceptors (Lipinski definition) is 3. The van der Waals surface area contributed by atoms with Crippen molar-refractivity contribution in [2.75, 3.05) is 20.8 Å². The second-order valence-corrected chi connectivity index (χ2v) is 4.62. The number of fused-ring (bicyclic) bond motifs is 1. The van der Waals surface area contributed by atoms with Gasteiger partial charge in [0.05, 0.1) is 14.2 Å². The Kier molecular flexibility index (Phi) is 4.61. The zero-order valence-electron chi connectivity index (χ0n) is 11.7. The molecule has 0 bridgehead atoms. The van der Waals surface area contributed by atoms with Gasteiger partial charge in [0.15, 0.2) is 11.5 Å². The molecule has 0 amide bonds. The lowest BCUT2D eigenvalue weighted by Gasteiger charge is -2.19. The Labute approximate surface area is 115 Å². The Balaban J connectivity index is 2.29. The molecule has 1 heterocycles. The van der Waals surface area contributed by atoms with Gasteiger partial charge in [0.25, 0.3) is 0 Å². The largest absolute Gasteiger partial charge is 0.493 e. The number of methoxy groups -OCH3 is 2. The predicted octanol–water partition coefficient (Wildman–Crippen LogP) is 3.41. The minimum atomic E-state index is 0.777. The third-order valence-electron chi connectivity index (χ3n) is 3.43. The molecule has 1 aromatic carbocycles. The first-order chi connectivity index (χ1) is 9.30. The summed E-state index contributed by atoms with van der Waals surface area (Å²) in [5.74, 6) is 1.58. The average Bonchev–Trinajstić information content (AvgIpc) is 2.46. The summed E-state index contributed by atoms with van der Waals surface area (Å²) in [6, 6.07) is 4.14. The van der Waals surface area contributed by atoms with Crippen molar-refractivity contribution in [3.63, 3.8) is 0 Å². The van der Waals surface area contributed by atoms with Crippen molar-refractivity contribution in [3.8, 4) is 11.5 Å². The number of allylic oxidation sites excluding steroid dienone is 1. The van der Waals surface area contributed by atoms with Crippen LogP contribution in [-0.2, 0) is 6.42 Å². The van der Waals surface area contributed by atoms with Gasteiger partial charge in [-0.2, -0.15) is 0 Å². The normalized spacial score (nSPS) is 13.5. The Hall–Kier alpha value is -1.77. The molecule has 0 unspecified atom stereocenters. The number of benzene rings is 1. The Morgan fingerprint density at radius 1 is 1.26 bits per heavy atom. The molecule has 0 saturated carbocycles. The number of hydrogen-bond donors (Lipinski definition) is 0. The maximum absolute atomic E-state index is 5.38. The van der Waals surface area contributed by atoms with Gasteiger partial charge >= 0.3 is 0 Å². The van der Waals surface area contributed by atoms with E-state index in [1.54, 1.807) is 14.2 Å². The van der Waals surface area contributed by atoms with E-state index in [0.717, 1.165) is 43.7 Å². The van der Waals surface area contributed by atoms with Gasteiger partial charge in [-0.3, -0.25) is 4.99 Å². The first-order valence-electron chi connectivity index (χ1n) is 6.69. The van der Waals surface area contributed by atoms with E-state index in [-0.39, 0.29) is 0 Å². The number of ether oxygens (including phenoxy) is 2. The molecule has 2 rings (SSSR count). The first kappa shape index (κ1) is 13.7. The minimum absolute atomic E-state index is 0.777. The van der Waals surface area contributed by atoms with Crippen LogP contribution < -0.4 is 9.47 Å². The van der Waals surface area contributed by atoms with E-state index >= 15 is 0 Å². The van der Waals surface area contributed by atoms with Crippen molar-refractivity contribution in [1.29, 1.82) is 0 Å². The molecule has 1 aromatic rings. The fourth-order valence-electron chi connectivity index (χ4n) is 2.42. The summed E-state index contributed by atoms with van der Waals surface area (Å²) in [6.07, 6.45) is 6.05. The molecule has 0 fully saturated rings. The van der Waals surface area contributed by atoms with E-state index in [0.29, 0.717) is 0 Å². The monoisotopic (exact) mass is 259 g/mol. The first-order valence-corrected chi connectivity index (χ1v) is 6.69. The molecule has 0 saturated heterocycles. The van der Waals surface area contributed by atoms with Crippen LogP contribution >= 0.6 is 0 Å². The number of rotatable bonds is 6. The highest BCUT2D eigenvalue weighted by Crippen LogP contribution is 2.33. The highest BCUT2D eigenvalue weighted by molar-refractivity contribution is 6.03. The van der Waals surface area contributed by atoms with E-state index < -0.39 is 0 Å². The summed E-state index contributed by atoms with van der Waals surface area (Å²) in [5, 5.41) is 0.